The molecule has 23 heavy (non-hydrogen) atoms. The van der Waals surface area contributed by atoms with Crippen molar-refractivity contribution in [1.29, 1.82) is 0 Å². The summed E-state index contributed by atoms with van der Waals surface area (Å²) in [5.41, 5.74) is 2.77. The number of fused-ring (bicyclic) bond motifs is 1. The minimum absolute atomic E-state index is 0.220. The summed E-state index contributed by atoms with van der Waals surface area (Å²) in [4.78, 5) is 2.39. The second kappa shape index (κ2) is 7.13. The molecule has 0 unspecified atom stereocenters. The lowest BCUT2D eigenvalue weighted by atomic mass is 9.98. The van der Waals surface area contributed by atoms with Crippen LogP contribution in [-0.4, -0.2) is 32.4 Å². The Morgan fingerprint density at radius 1 is 1.22 bits per heavy atom. The highest BCUT2D eigenvalue weighted by Gasteiger charge is 2.24. The van der Waals surface area contributed by atoms with Crippen LogP contribution in [0.5, 0.6) is 0 Å². The molecular weight excluding hydrogens is 328 g/mol. The molecule has 1 aromatic heterocycles. The van der Waals surface area contributed by atoms with Crippen molar-refractivity contribution in [3.63, 3.8) is 0 Å². The molecule has 1 aliphatic heterocycles. The smallest absolute Gasteiger partial charge is 0.250 e. The van der Waals surface area contributed by atoms with Crippen LogP contribution in [0.2, 0.25) is 0 Å². The number of sulfonamides is 1. The highest BCUT2D eigenvalue weighted by atomic mass is 32.2. The Labute approximate surface area is 142 Å². The molecule has 2 heterocycles. The standard InChI is InChI=1S/C17H22N2O2S2/c1-2-16(12-18-23(20,21)17-8-5-11-22-17)19-10-9-14-6-3-4-7-15(14)13-19/h3-8,11,16,18H,2,9-10,12-13H2,1H3/t16-/m0/s1. The molecule has 0 saturated heterocycles. The molecule has 0 bridgehead atoms. The first-order valence-corrected chi connectivity index (χ1v) is 10.3. The number of hydrogen-bond donors (Lipinski definition) is 1. The number of hydrogen-bond acceptors (Lipinski definition) is 4. The molecule has 0 amide bonds. The summed E-state index contributed by atoms with van der Waals surface area (Å²) in [6.45, 7) is 4.45. The molecule has 6 heteroatoms. The van der Waals surface area contributed by atoms with Crippen molar-refractivity contribution in [3.8, 4) is 0 Å². The van der Waals surface area contributed by atoms with Crippen LogP contribution in [0, 0.1) is 0 Å². The first kappa shape index (κ1) is 16.6. The molecule has 124 valence electrons. The van der Waals surface area contributed by atoms with Crippen molar-refractivity contribution in [2.45, 2.75) is 36.6 Å². The molecule has 0 spiro atoms. The van der Waals surface area contributed by atoms with E-state index in [2.05, 4.69) is 40.8 Å². The molecule has 1 aliphatic rings. The molecule has 1 aromatic carbocycles. The van der Waals surface area contributed by atoms with Gasteiger partial charge >= 0.3 is 0 Å². The fourth-order valence-corrected chi connectivity index (χ4v) is 5.16. The summed E-state index contributed by atoms with van der Waals surface area (Å²) >= 11 is 1.25. The van der Waals surface area contributed by atoms with Crippen LogP contribution in [0.1, 0.15) is 24.5 Å². The van der Waals surface area contributed by atoms with E-state index >= 15 is 0 Å². The van der Waals surface area contributed by atoms with Gasteiger partial charge in [0.1, 0.15) is 4.21 Å². The summed E-state index contributed by atoms with van der Waals surface area (Å²) in [5, 5.41) is 1.79. The van der Waals surface area contributed by atoms with Gasteiger partial charge in [-0.3, -0.25) is 4.90 Å². The highest BCUT2D eigenvalue weighted by molar-refractivity contribution is 7.91. The van der Waals surface area contributed by atoms with Crippen molar-refractivity contribution in [2.24, 2.45) is 0 Å². The molecule has 2 aromatic rings. The van der Waals surface area contributed by atoms with E-state index in [1.54, 1.807) is 17.5 Å². The van der Waals surface area contributed by atoms with E-state index in [1.165, 1.54) is 22.5 Å². The monoisotopic (exact) mass is 350 g/mol. The normalized spacial score (nSPS) is 16.9. The Morgan fingerprint density at radius 2 is 2.00 bits per heavy atom. The Balaban J connectivity index is 1.65. The summed E-state index contributed by atoms with van der Waals surface area (Å²) < 4.78 is 27.7. The van der Waals surface area contributed by atoms with E-state index in [0.29, 0.717) is 10.8 Å². The fraction of sp³-hybridized carbons (Fsp3) is 0.412. The first-order valence-electron chi connectivity index (χ1n) is 7.94. The Bertz CT molecular complexity index is 742. The minimum Gasteiger partial charge on any atom is -0.295 e. The Morgan fingerprint density at radius 3 is 2.70 bits per heavy atom. The van der Waals surface area contributed by atoms with Gasteiger partial charge in [-0.15, -0.1) is 11.3 Å². The lowest BCUT2D eigenvalue weighted by molar-refractivity contribution is 0.175. The van der Waals surface area contributed by atoms with Gasteiger partial charge < -0.3 is 0 Å². The third-order valence-corrected chi connectivity index (χ3v) is 7.24. The van der Waals surface area contributed by atoms with Gasteiger partial charge in [0.25, 0.3) is 0 Å². The number of benzene rings is 1. The predicted octanol–water partition coefficient (Wildman–Crippen LogP) is 2.86. The van der Waals surface area contributed by atoms with E-state index < -0.39 is 10.0 Å². The van der Waals surface area contributed by atoms with Crippen LogP contribution in [0.4, 0.5) is 0 Å². The third kappa shape index (κ3) is 3.83. The van der Waals surface area contributed by atoms with Crippen molar-refractivity contribution in [2.75, 3.05) is 13.1 Å². The molecule has 0 fully saturated rings. The van der Waals surface area contributed by atoms with Crippen molar-refractivity contribution in [3.05, 3.63) is 52.9 Å². The van der Waals surface area contributed by atoms with Gasteiger partial charge in [-0.2, -0.15) is 0 Å². The summed E-state index contributed by atoms with van der Waals surface area (Å²) in [6, 6.07) is 12.1. The lowest BCUT2D eigenvalue weighted by Gasteiger charge is -2.35. The van der Waals surface area contributed by atoms with Crippen LogP contribution in [0.3, 0.4) is 0 Å². The average molecular weight is 351 g/mol. The minimum atomic E-state index is -3.38. The molecule has 1 N–H and O–H groups in total. The largest absolute Gasteiger partial charge is 0.295 e. The SMILES string of the molecule is CC[C@@H](CNS(=O)(=O)c1cccs1)N1CCc2ccccc2C1. The van der Waals surface area contributed by atoms with Crippen molar-refractivity contribution < 1.29 is 8.42 Å². The van der Waals surface area contributed by atoms with Gasteiger partial charge in [-0.1, -0.05) is 37.3 Å². The van der Waals surface area contributed by atoms with Gasteiger partial charge in [-0.05, 0) is 35.4 Å². The van der Waals surface area contributed by atoms with Crippen molar-refractivity contribution in [1.82, 2.24) is 9.62 Å². The molecule has 4 nitrogen and oxygen atoms in total. The predicted molar refractivity (Wildman–Crippen MR) is 94.1 cm³/mol. The van der Waals surface area contributed by atoms with Gasteiger partial charge in [0.05, 0.1) is 0 Å². The van der Waals surface area contributed by atoms with E-state index in [0.717, 1.165) is 25.9 Å². The van der Waals surface area contributed by atoms with Crippen molar-refractivity contribution >= 4 is 21.4 Å². The second-order valence-electron chi connectivity index (χ2n) is 5.84. The van der Waals surface area contributed by atoms with Crippen LogP contribution in [0.25, 0.3) is 0 Å². The number of thiophene rings is 1. The molecule has 0 aliphatic carbocycles. The van der Waals surface area contributed by atoms with Crippen LogP contribution < -0.4 is 4.72 Å². The number of nitrogens with one attached hydrogen (secondary N) is 1. The highest BCUT2D eigenvalue weighted by Crippen LogP contribution is 2.22. The molecule has 1 atom stereocenters. The molecule has 0 radical (unpaired) electrons. The summed E-state index contributed by atoms with van der Waals surface area (Å²) in [6.07, 6.45) is 1.96. The molecule has 3 rings (SSSR count). The van der Waals surface area contributed by atoms with Crippen LogP contribution in [-0.2, 0) is 23.0 Å². The van der Waals surface area contributed by atoms with Gasteiger partial charge in [0.15, 0.2) is 0 Å². The zero-order chi connectivity index (χ0) is 16.3. The van der Waals surface area contributed by atoms with E-state index in [4.69, 9.17) is 0 Å². The van der Waals surface area contributed by atoms with Gasteiger partial charge in [-0.25, -0.2) is 13.1 Å². The fourth-order valence-electron chi connectivity index (χ4n) is 3.05. The zero-order valence-corrected chi connectivity index (χ0v) is 14.9. The zero-order valence-electron chi connectivity index (χ0n) is 13.2. The van der Waals surface area contributed by atoms with Crippen LogP contribution in [0.15, 0.2) is 46.0 Å². The van der Waals surface area contributed by atoms with E-state index in [9.17, 15) is 8.42 Å². The maximum atomic E-state index is 12.3. The second-order valence-corrected chi connectivity index (χ2v) is 8.78. The summed E-state index contributed by atoms with van der Waals surface area (Å²) in [5.74, 6) is 0. The van der Waals surface area contributed by atoms with Gasteiger partial charge in [0.2, 0.25) is 10.0 Å². The lowest BCUT2D eigenvalue weighted by Crippen LogP contribution is -2.45. The third-order valence-electron chi connectivity index (χ3n) is 4.42. The molecular formula is C17H22N2O2S2. The quantitative estimate of drug-likeness (QED) is 0.871. The Hall–Kier alpha value is -1.21. The maximum absolute atomic E-state index is 12.3. The van der Waals surface area contributed by atoms with Crippen LogP contribution >= 0.6 is 11.3 Å². The maximum Gasteiger partial charge on any atom is 0.250 e. The topological polar surface area (TPSA) is 49.4 Å². The average Bonchev–Trinajstić information content (AvgIpc) is 3.10. The van der Waals surface area contributed by atoms with Gasteiger partial charge in [0, 0.05) is 25.7 Å². The van der Waals surface area contributed by atoms with E-state index in [-0.39, 0.29) is 6.04 Å². The number of rotatable bonds is 6. The molecule has 0 saturated carbocycles. The Kier molecular flexibility index (Phi) is 5.16. The number of nitrogens with zero attached hydrogens (tertiary/aromatic N) is 1. The van der Waals surface area contributed by atoms with E-state index in [1.807, 2.05) is 0 Å². The summed E-state index contributed by atoms with van der Waals surface area (Å²) in [7, 11) is -3.38. The first-order chi connectivity index (χ1) is 11.1.